The molecule has 1 aliphatic rings. The van der Waals surface area contributed by atoms with Crippen LogP contribution in [0.15, 0.2) is 54.6 Å². The molecule has 1 unspecified atom stereocenters. The minimum Gasteiger partial charge on any atom is -0.457 e. The lowest BCUT2D eigenvalue weighted by Gasteiger charge is -2.17. The van der Waals surface area contributed by atoms with Crippen molar-refractivity contribution in [3.8, 4) is 11.5 Å². The number of para-hydroxylation sites is 1. The number of rotatable bonds is 6. The topological polar surface area (TPSA) is 70.7 Å². The number of benzene rings is 2. The first-order valence-corrected chi connectivity index (χ1v) is 8.23. The Morgan fingerprint density at radius 2 is 1.77 bits per heavy atom. The zero-order valence-electron chi connectivity index (χ0n) is 14.5. The van der Waals surface area contributed by atoms with Gasteiger partial charge in [-0.2, -0.15) is 0 Å². The Morgan fingerprint density at radius 1 is 1.12 bits per heavy atom. The highest BCUT2D eigenvalue weighted by atomic mass is 35.5. The first-order valence-electron chi connectivity index (χ1n) is 8.23. The number of likely N-dealkylation sites (N-methyl/N-ethyl adjacent to an activating group) is 1. The van der Waals surface area contributed by atoms with Crippen LogP contribution in [-0.2, 0) is 9.59 Å². The Kier molecular flexibility index (Phi) is 7.00. The summed E-state index contributed by atoms with van der Waals surface area (Å²) in [7, 11) is 1.71. The third-order valence-electron chi connectivity index (χ3n) is 3.95. The van der Waals surface area contributed by atoms with E-state index in [4.69, 9.17) is 4.74 Å². The number of hydrogen-bond donors (Lipinski definition) is 2. The van der Waals surface area contributed by atoms with E-state index in [1.807, 2.05) is 54.6 Å². The van der Waals surface area contributed by atoms with Crippen molar-refractivity contribution in [1.29, 1.82) is 0 Å². The highest BCUT2D eigenvalue weighted by Crippen LogP contribution is 2.26. The van der Waals surface area contributed by atoms with Crippen LogP contribution in [0, 0.1) is 0 Å². The molecule has 2 N–H and O–H groups in total. The zero-order chi connectivity index (χ0) is 17.6. The summed E-state index contributed by atoms with van der Waals surface area (Å²) in [4.78, 5) is 25.6. The van der Waals surface area contributed by atoms with Crippen molar-refractivity contribution in [3.05, 3.63) is 54.6 Å². The number of amides is 2. The molecule has 0 bridgehead atoms. The average Bonchev–Trinajstić information content (AvgIpc) is 2.97. The van der Waals surface area contributed by atoms with Gasteiger partial charge < -0.3 is 20.3 Å². The van der Waals surface area contributed by atoms with E-state index < -0.39 is 0 Å². The van der Waals surface area contributed by atoms with E-state index in [1.54, 1.807) is 11.9 Å². The van der Waals surface area contributed by atoms with E-state index >= 15 is 0 Å². The highest BCUT2D eigenvalue weighted by molar-refractivity contribution is 5.97. The Labute approximate surface area is 158 Å². The van der Waals surface area contributed by atoms with Crippen molar-refractivity contribution < 1.29 is 14.3 Å². The van der Waals surface area contributed by atoms with Gasteiger partial charge in [0.25, 0.3) is 0 Å². The second-order valence-corrected chi connectivity index (χ2v) is 5.91. The maximum Gasteiger partial charge on any atom is 0.234 e. The summed E-state index contributed by atoms with van der Waals surface area (Å²) in [6, 6.07) is 16.7. The fourth-order valence-electron chi connectivity index (χ4n) is 2.81. The van der Waals surface area contributed by atoms with Gasteiger partial charge in [-0.05, 0) is 43.4 Å². The standard InChI is InChI=1S/C19H21N3O3.ClH/c1-20-12-18(23)21-14-11-19(24)22(13-14)15-7-9-17(10-8-15)25-16-5-3-2-4-6-16;/h2-10,14,20H,11-13H2,1H3,(H,21,23);1H. The number of anilines is 1. The highest BCUT2D eigenvalue weighted by Gasteiger charge is 2.31. The Bertz CT molecular complexity index is 737. The summed E-state index contributed by atoms with van der Waals surface area (Å²) >= 11 is 0. The smallest absolute Gasteiger partial charge is 0.234 e. The predicted molar refractivity (Wildman–Crippen MR) is 103 cm³/mol. The Balaban J connectivity index is 0.00000243. The molecule has 26 heavy (non-hydrogen) atoms. The second-order valence-electron chi connectivity index (χ2n) is 5.91. The second kappa shape index (κ2) is 9.22. The molecular weight excluding hydrogens is 354 g/mol. The minimum absolute atomic E-state index is 0. The molecular formula is C19H22ClN3O3. The van der Waals surface area contributed by atoms with Crippen molar-refractivity contribution in [1.82, 2.24) is 10.6 Å². The number of nitrogens with one attached hydrogen (secondary N) is 2. The Morgan fingerprint density at radius 3 is 2.42 bits per heavy atom. The van der Waals surface area contributed by atoms with E-state index in [1.165, 1.54) is 0 Å². The third-order valence-corrected chi connectivity index (χ3v) is 3.95. The molecule has 2 amide bonds. The normalized spacial score (nSPS) is 16.1. The monoisotopic (exact) mass is 375 g/mol. The number of nitrogens with zero attached hydrogens (tertiary/aromatic N) is 1. The molecule has 3 rings (SSSR count). The molecule has 1 atom stereocenters. The summed E-state index contributed by atoms with van der Waals surface area (Å²) in [5, 5.41) is 5.66. The van der Waals surface area contributed by atoms with Crippen LogP contribution in [0.5, 0.6) is 11.5 Å². The molecule has 0 radical (unpaired) electrons. The van der Waals surface area contributed by atoms with E-state index in [9.17, 15) is 9.59 Å². The molecule has 6 nitrogen and oxygen atoms in total. The molecule has 2 aromatic rings. The maximum absolute atomic E-state index is 12.2. The van der Waals surface area contributed by atoms with Crippen molar-refractivity contribution in [3.63, 3.8) is 0 Å². The molecule has 1 saturated heterocycles. The van der Waals surface area contributed by atoms with Crippen molar-refractivity contribution in [2.45, 2.75) is 12.5 Å². The van der Waals surface area contributed by atoms with Gasteiger partial charge in [0.05, 0.1) is 12.6 Å². The lowest BCUT2D eigenvalue weighted by molar-refractivity contribution is -0.120. The average molecular weight is 376 g/mol. The van der Waals surface area contributed by atoms with Crippen LogP contribution in [0.1, 0.15) is 6.42 Å². The van der Waals surface area contributed by atoms with Gasteiger partial charge in [0.2, 0.25) is 11.8 Å². The molecule has 1 fully saturated rings. The van der Waals surface area contributed by atoms with E-state index in [0.717, 1.165) is 11.4 Å². The number of hydrogen-bond acceptors (Lipinski definition) is 4. The first kappa shape index (κ1) is 19.8. The lowest BCUT2D eigenvalue weighted by Crippen LogP contribution is -2.41. The van der Waals surface area contributed by atoms with Gasteiger partial charge >= 0.3 is 0 Å². The van der Waals surface area contributed by atoms with Gasteiger partial charge in [0.15, 0.2) is 0 Å². The van der Waals surface area contributed by atoms with Crippen LogP contribution in [0.3, 0.4) is 0 Å². The van der Waals surface area contributed by atoms with Crippen LogP contribution >= 0.6 is 12.4 Å². The summed E-state index contributed by atoms with van der Waals surface area (Å²) < 4.78 is 5.76. The van der Waals surface area contributed by atoms with Gasteiger partial charge in [-0.25, -0.2) is 0 Å². The number of halogens is 1. The quantitative estimate of drug-likeness (QED) is 0.813. The largest absolute Gasteiger partial charge is 0.457 e. The molecule has 7 heteroatoms. The van der Waals surface area contributed by atoms with E-state index in [0.29, 0.717) is 18.7 Å². The third kappa shape index (κ3) is 4.97. The summed E-state index contributed by atoms with van der Waals surface area (Å²) in [5.74, 6) is 1.38. The van der Waals surface area contributed by atoms with Crippen LogP contribution in [0.25, 0.3) is 0 Å². The van der Waals surface area contributed by atoms with Gasteiger partial charge in [0.1, 0.15) is 11.5 Å². The number of carbonyl (C=O) groups is 2. The SMILES string of the molecule is CNCC(=O)NC1CC(=O)N(c2ccc(Oc3ccccc3)cc2)C1.Cl. The minimum atomic E-state index is -0.159. The van der Waals surface area contributed by atoms with Gasteiger partial charge in [0, 0.05) is 18.7 Å². The molecule has 0 spiro atoms. The zero-order valence-corrected chi connectivity index (χ0v) is 15.3. The van der Waals surface area contributed by atoms with Crippen molar-refractivity contribution >= 4 is 29.9 Å². The molecule has 0 aliphatic carbocycles. The van der Waals surface area contributed by atoms with Crippen LogP contribution < -0.4 is 20.3 Å². The van der Waals surface area contributed by atoms with Crippen LogP contribution in [0.2, 0.25) is 0 Å². The summed E-state index contributed by atoms with van der Waals surface area (Å²) in [6.07, 6.45) is 0.317. The summed E-state index contributed by atoms with van der Waals surface area (Å²) in [6.45, 7) is 0.726. The molecule has 0 aromatic heterocycles. The molecule has 138 valence electrons. The van der Waals surface area contributed by atoms with Crippen molar-refractivity contribution in [2.75, 3.05) is 25.0 Å². The molecule has 1 heterocycles. The van der Waals surface area contributed by atoms with Gasteiger partial charge in [-0.15, -0.1) is 12.4 Å². The van der Waals surface area contributed by atoms with Gasteiger partial charge in [-0.1, -0.05) is 18.2 Å². The fourth-order valence-corrected chi connectivity index (χ4v) is 2.81. The maximum atomic E-state index is 12.2. The first-order chi connectivity index (χ1) is 12.2. The summed E-state index contributed by atoms with van der Waals surface area (Å²) in [5.41, 5.74) is 0.802. The Hall–Kier alpha value is -2.57. The molecule has 2 aromatic carbocycles. The number of carbonyl (C=O) groups excluding carboxylic acids is 2. The molecule has 1 aliphatic heterocycles. The predicted octanol–water partition coefficient (Wildman–Crippen LogP) is 2.34. The molecule has 0 saturated carbocycles. The lowest BCUT2D eigenvalue weighted by atomic mass is 10.2. The fraction of sp³-hybridized carbons (Fsp3) is 0.263. The van der Waals surface area contributed by atoms with E-state index in [-0.39, 0.29) is 36.8 Å². The van der Waals surface area contributed by atoms with Gasteiger partial charge in [-0.3, -0.25) is 9.59 Å². The van der Waals surface area contributed by atoms with E-state index in [2.05, 4.69) is 10.6 Å². The van der Waals surface area contributed by atoms with Crippen LogP contribution in [-0.4, -0.2) is 38.0 Å². The van der Waals surface area contributed by atoms with Crippen molar-refractivity contribution in [2.24, 2.45) is 0 Å². The van der Waals surface area contributed by atoms with Crippen LogP contribution in [0.4, 0.5) is 5.69 Å². The number of ether oxygens (including phenoxy) is 1.